The number of aryl methyl sites for hydroxylation is 1. The molecule has 0 atom stereocenters. The van der Waals surface area contributed by atoms with E-state index in [0.29, 0.717) is 17.4 Å². The fourth-order valence-electron chi connectivity index (χ4n) is 3.47. The van der Waals surface area contributed by atoms with Gasteiger partial charge in [0.15, 0.2) is 5.69 Å². The summed E-state index contributed by atoms with van der Waals surface area (Å²) in [6, 6.07) is 9.61. The molecule has 0 spiro atoms. The van der Waals surface area contributed by atoms with Crippen LogP contribution in [0.4, 0.5) is 5.69 Å². The van der Waals surface area contributed by atoms with E-state index < -0.39 is 0 Å². The van der Waals surface area contributed by atoms with Crippen LogP contribution in [-0.4, -0.2) is 56.7 Å². The van der Waals surface area contributed by atoms with Crippen molar-refractivity contribution in [3.63, 3.8) is 0 Å². The van der Waals surface area contributed by atoms with Crippen molar-refractivity contribution >= 4 is 23.2 Å². The zero-order valence-corrected chi connectivity index (χ0v) is 17.9. The quantitative estimate of drug-likeness (QED) is 0.653. The van der Waals surface area contributed by atoms with Crippen LogP contribution in [-0.2, 0) is 18.0 Å². The molecule has 4 rings (SSSR count). The molecule has 1 aromatic carbocycles. The Morgan fingerprint density at radius 2 is 2.00 bits per heavy atom. The molecule has 2 aromatic heterocycles. The van der Waals surface area contributed by atoms with E-state index in [1.54, 1.807) is 21.6 Å². The van der Waals surface area contributed by atoms with Gasteiger partial charge in [-0.25, -0.2) is 4.68 Å². The van der Waals surface area contributed by atoms with Gasteiger partial charge in [0, 0.05) is 31.5 Å². The third-order valence-corrected chi connectivity index (χ3v) is 5.69. The molecule has 3 aromatic rings. The Morgan fingerprint density at radius 3 is 2.73 bits per heavy atom. The number of carbonyl (C=O) groups excluding carboxylic acids is 1. The van der Waals surface area contributed by atoms with Crippen LogP contribution < -0.4 is 5.32 Å². The summed E-state index contributed by atoms with van der Waals surface area (Å²) in [5, 5.41) is 12.4. The number of carbonyl (C=O) groups is 1. The summed E-state index contributed by atoms with van der Waals surface area (Å²) in [4.78, 5) is 15.0. The number of benzene rings is 1. The number of nitrogens with zero attached hydrogens (tertiary/aromatic N) is 5. The zero-order chi connectivity index (χ0) is 21.1. The number of rotatable bonds is 6. The summed E-state index contributed by atoms with van der Waals surface area (Å²) in [5.41, 5.74) is 3.90. The predicted molar refractivity (Wildman–Crippen MR) is 115 cm³/mol. The molecule has 1 fully saturated rings. The van der Waals surface area contributed by atoms with Gasteiger partial charge in [-0.2, -0.15) is 10.2 Å². The van der Waals surface area contributed by atoms with E-state index in [1.807, 2.05) is 32.0 Å². The van der Waals surface area contributed by atoms with Gasteiger partial charge in [0.05, 0.1) is 29.6 Å². The van der Waals surface area contributed by atoms with Gasteiger partial charge in [0.25, 0.3) is 5.91 Å². The molecule has 158 valence electrons. The fraction of sp³-hybridized carbons (Fsp3) is 0.381. The number of amides is 1. The topological polar surface area (TPSA) is 77.2 Å². The highest BCUT2D eigenvalue weighted by Gasteiger charge is 2.14. The Kier molecular flexibility index (Phi) is 6.17. The lowest BCUT2D eigenvalue weighted by molar-refractivity contribution is 0.0342. The summed E-state index contributed by atoms with van der Waals surface area (Å²) < 4.78 is 8.83. The highest BCUT2D eigenvalue weighted by molar-refractivity contribution is 6.31. The van der Waals surface area contributed by atoms with Crippen LogP contribution in [0.1, 0.15) is 27.4 Å². The van der Waals surface area contributed by atoms with Crippen molar-refractivity contribution in [1.29, 1.82) is 0 Å². The molecule has 1 N–H and O–H groups in total. The number of hydrogen-bond acceptors (Lipinski definition) is 5. The van der Waals surface area contributed by atoms with Gasteiger partial charge < -0.3 is 10.1 Å². The maximum atomic E-state index is 12.6. The van der Waals surface area contributed by atoms with Crippen LogP contribution in [0.25, 0.3) is 0 Å². The summed E-state index contributed by atoms with van der Waals surface area (Å²) >= 11 is 6.20. The van der Waals surface area contributed by atoms with E-state index in [4.69, 9.17) is 16.3 Å². The number of ether oxygens (including phenoxy) is 1. The van der Waals surface area contributed by atoms with Crippen LogP contribution >= 0.6 is 11.6 Å². The molecule has 3 heterocycles. The van der Waals surface area contributed by atoms with Crippen molar-refractivity contribution in [2.75, 3.05) is 31.6 Å². The molecular formula is C21H25ClN6O2. The van der Waals surface area contributed by atoms with Crippen molar-refractivity contribution < 1.29 is 9.53 Å². The number of nitrogens with one attached hydrogen (secondary N) is 1. The van der Waals surface area contributed by atoms with Crippen LogP contribution in [0.3, 0.4) is 0 Å². The van der Waals surface area contributed by atoms with Gasteiger partial charge in [-0.1, -0.05) is 23.7 Å². The average Bonchev–Trinajstić information content (AvgIpc) is 3.30. The third-order valence-electron chi connectivity index (χ3n) is 5.14. The van der Waals surface area contributed by atoms with Crippen LogP contribution in [0.2, 0.25) is 5.02 Å². The molecule has 0 radical (unpaired) electrons. The van der Waals surface area contributed by atoms with Crippen LogP contribution in [0.15, 0.2) is 36.5 Å². The minimum Gasteiger partial charge on any atom is -0.379 e. The maximum Gasteiger partial charge on any atom is 0.276 e. The Bertz CT molecular complexity index is 1040. The number of hydrogen-bond donors (Lipinski definition) is 1. The van der Waals surface area contributed by atoms with Crippen LogP contribution in [0, 0.1) is 13.8 Å². The Hall–Kier alpha value is -2.68. The summed E-state index contributed by atoms with van der Waals surface area (Å²) in [7, 11) is 0. The molecule has 0 bridgehead atoms. The van der Waals surface area contributed by atoms with E-state index in [0.717, 1.165) is 55.5 Å². The van der Waals surface area contributed by atoms with Gasteiger partial charge in [-0.05, 0) is 37.6 Å². The molecule has 8 nitrogen and oxygen atoms in total. The third kappa shape index (κ3) is 4.72. The van der Waals surface area contributed by atoms with Crippen molar-refractivity contribution in [2.24, 2.45) is 0 Å². The fourth-order valence-corrected chi connectivity index (χ4v) is 3.61. The van der Waals surface area contributed by atoms with Gasteiger partial charge in [0.1, 0.15) is 6.67 Å². The van der Waals surface area contributed by atoms with Crippen molar-refractivity contribution in [1.82, 2.24) is 24.5 Å². The summed E-state index contributed by atoms with van der Waals surface area (Å²) in [6.07, 6.45) is 1.76. The minimum absolute atomic E-state index is 0.247. The molecule has 1 aliphatic rings. The molecule has 1 aliphatic heterocycles. The van der Waals surface area contributed by atoms with Gasteiger partial charge in [-0.15, -0.1) is 0 Å². The summed E-state index contributed by atoms with van der Waals surface area (Å²) in [6.45, 7) is 8.38. The Labute approximate surface area is 180 Å². The van der Waals surface area contributed by atoms with Gasteiger partial charge in [-0.3, -0.25) is 14.4 Å². The van der Waals surface area contributed by atoms with Gasteiger partial charge in [0.2, 0.25) is 0 Å². The largest absolute Gasteiger partial charge is 0.379 e. The second-order valence-electron chi connectivity index (χ2n) is 7.41. The normalized spacial score (nSPS) is 14.8. The van der Waals surface area contributed by atoms with E-state index in [1.165, 1.54) is 0 Å². The SMILES string of the molecule is Cc1nn(Cn2ccc(C(=O)Nc3cccc(CN4CCOCC4)c3)n2)c(C)c1Cl. The van der Waals surface area contributed by atoms with E-state index in [9.17, 15) is 4.79 Å². The highest BCUT2D eigenvalue weighted by atomic mass is 35.5. The minimum atomic E-state index is -0.247. The van der Waals surface area contributed by atoms with E-state index >= 15 is 0 Å². The van der Waals surface area contributed by atoms with Gasteiger partial charge >= 0.3 is 0 Å². The highest BCUT2D eigenvalue weighted by Crippen LogP contribution is 2.19. The maximum absolute atomic E-state index is 12.6. The second-order valence-corrected chi connectivity index (χ2v) is 7.79. The molecule has 30 heavy (non-hydrogen) atoms. The monoisotopic (exact) mass is 428 g/mol. The first-order chi connectivity index (χ1) is 14.5. The average molecular weight is 429 g/mol. The lowest BCUT2D eigenvalue weighted by Gasteiger charge is -2.26. The number of aromatic nitrogens is 4. The number of halogens is 1. The standard InChI is InChI=1S/C21H25ClN6O2/c1-15-20(22)16(2)28(24-15)14-27-7-6-19(25-27)21(29)23-18-5-3-4-17(12-18)13-26-8-10-30-11-9-26/h3-7,12H,8-11,13-14H2,1-2H3,(H,23,29). The van der Waals surface area contributed by atoms with Crippen molar-refractivity contribution in [3.05, 3.63) is 64.2 Å². The molecule has 1 saturated heterocycles. The number of anilines is 1. The number of morpholine rings is 1. The first-order valence-electron chi connectivity index (χ1n) is 9.93. The molecular weight excluding hydrogens is 404 g/mol. The lowest BCUT2D eigenvalue weighted by Crippen LogP contribution is -2.35. The summed E-state index contributed by atoms with van der Waals surface area (Å²) in [5.74, 6) is -0.247. The Morgan fingerprint density at radius 1 is 1.20 bits per heavy atom. The smallest absolute Gasteiger partial charge is 0.276 e. The molecule has 0 saturated carbocycles. The van der Waals surface area contributed by atoms with Crippen LogP contribution in [0.5, 0.6) is 0 Å². The molecule has 9 heteroatoms. The molecule has 0 unspecified atom stereocenters. The lowest BCUT2D eigenvalue weighted by atomic mass is 10.2. The Balaban J connectivity index is 1.39. The first-order valence-corrected chi connectivity index (χ1v) is 10.3. The molecule has 0 aliphatic carbocycles. The van der Waals surface area contributed by atoms with E-state index in [2.05, 4.69) is 26.5 Å². The first kappa shape index (κ1) is 20.6. The molecule has 1 amide bonds. The second kappa shape index (κ2) is 8.99. The van der Waals surface area contributed by atoms with Crippen molar-refractivity contribution in [3.8, 4) is 0 Å². The predicted octanol–water partition coefficient (Wildman–Crippen LogP) is 2.94. The van der Waals surface area contributed by atoms with Crippen molar-refractivity contribution in [2.45, 2.75) is 27.1 Å². The van der Waals surface area contributed by atoms with E-state index in [-0.39, 0.29) is 5.91 Å². The zero-order valence-electron chi connectivity index (χ0n) is 17.1.